The first kappa shape index (κ1) is 16.4. The second-order valence-electron chi connectivity index (χ2n) is 4.14. The molecule has 104 valence electrons. The third kappa shape index (κ3) is 9.62. The molecule has 2 N–H and O–H groups in total. The molecule has 0 aromatic carbocycles. The molecule has 0 heterocycles. The van der Waals surface area contributed by atoms with Crippen molar-refractivity contribution in [3.05, 3.63) is 0 Å². The van der Waals surface area contributed by atoms with Gasteiger partial charge in [0.15, 0.2) is 6.10 Å². The highest BCUT2D eigenvalue weighted by Gasteiger charge is 2.19. The summed E-state index contributed by atoms with van der Waals surface area (Å²) in [7, 11) is 0. The molecule has 0 aliphatic carbocycles. The average molecular weight is 260 g/mol. The first-order chi connectivity index (χ1) is 8.43. The highest BCUT2D eigenvalue weighted by molar-refractivity contribution is 5.76. The summed E-state index contributed by atoms with van der Waals surface area (Å²) in [6.07, 6.45) is 3.18. The Morgan fingerprint density at radius 2 is 1.56 bits per heavy atom. The number of aliphatic carboxylic acids is 2. The molecule has 1 unspecified atom stereocenters. The van der Waals surface area contributed by atoms with Crippen LogP contribution in [0.3, 0.4) is 0 Å². The van der Waals surface area contributed by atoms with Gasteiger partial charge in [-0.2, -0.15) is 0 Å². The number of carboxylic acid groups (broad SMARTS) is 2. The Bertz CT molecular complexity index is 286. The largest absolute Gasteiger partial charge is 0.481 e. The minimum atomic E-state index is -1.13. The molecule has 0 radical (unpaired) electrons. The summed E-state index contributed by atoms with van der Waals surface area (Å²) in [4.78, 5) is 31.6. The first-order valence-electron chi connectivity index (χ1n) is 6.05. The van der Waals surface area contributed by atoms with Gasteiger partial charge >= 0.3 is 17.9 Å². The van der Waals surface area contributed by atoms with Gasteiger partial charge in [-0.25, -0.2) is 4.79 Å². The molecule has 18 heavy (non-hydrogen) atoms. The Hall–Kier alpha value is -1.59. The molecule has 0 aliphatic heterocycles. The van der Waals surface area contributed by atoms with Crippen LogP contribution < -0.4 is 0 Å². The third-order valence-electron chi connectivity index (χ3n) is 2.44. The number of carbonyl (C=O) groups is 3. The number of ether oxygens (including phenoxy) is 1. The second-order valence-corrected chi connectivity index (χ2v) is 4.14. The van der Waals surface area contributed by atoms with Crippen LogP contribution in [-0.4, -0.2) is 34.2 Å². The minimum Gasteiger partial charge on any atom is -0.481 e. The highest BCUT2D eigenvalue weighted by Crippen LogP contribution is 2.11. The first-order valence-corrected chi connectivity index (χ1v) is 6.05. The van der Waals surface area contributed by atoms with E-state index in [1.807, 2.05) is 0 Å². The van der Waals surface area contributed by atoms with Gasteiger partial charge in [0.2, 0.25) is 0 Å². The van der Waals surface area contributed by atoms with Crippen molar-refractivity contribution in [1.29, 1.82) is 0 Å². The van der Waals surface area contributed by atoms with Crippen molar-refractivity contribution in [3.63, 3.8) is 0 Å². The van der Waals surface area contributed by atoms with E-state index in [1.165, 1.54) is 6.92 Å². The monoisotopic (exact) mass is 260 g/mol. The minimum absolute atomic E-state index is 0.172. The summed E-state index contributed by atoms with van der Waals surface area (Å²) in [5.74, 6) is -2.52. The molecule has 0 amide bonds. The molecule has 0 fully saturated rings. The summed E-state index contributed by atoms with van der Waals surface area (Å²) in [5, 5.41) is 17.2. The molecule has 0 saturated heterocycles. The van der Waals surface area contributed by atoms with Gasteiger partial charge < -0.3 is 14.9 Å². The van der Waals surface area contributed by atoms with Crippen LogP contribution in [0.1, 0.15) is 51.9 Å². The molecule has 0 saturated carbocycles. The highest BCUT2D eigenvalue weighted by atomic mass is 16.6. The van der Waals surface area contributed by atoms with E-state index in [0.29, 0.717) is 19.3 Å². The van der Waals surface area contributed by atoms with Crippen LogP contribution in [-0.2, 0) is 19.1 Å². The Labute approximate surface area is 106 Å². The van der Waals surface area contributed by atoms with E-state index in [9.17, 15) is 14.4 Å². The lowest BCUT2D eigenvalue weighted by Crippen LogP contribution is -2.25. The molecule has 0 aromatic rings. The number of hydrogen-bond donors (Lipinski definition) is 2. The standard InChI is InChI=1S/C12H20O6/c1-9(13)18-10(12(16)17)7-5-3-2-4-6-8-11(14)15/h10H,2-8H2,1H3,(H,14,15)(H,16,17). The number of rotatable bonds is 10. The van der Waals surface area contributed by atoms with Gasteiger partial charge in [-0.3, -0.25) is 9.59 Å². The molecule has 0 bridgehead atoms. The van der Waals surface area contributed by atoms with Crippen molar-refractivity contribution in [3.8, 4) is 0 Å². The van der Waals surface area contributed by atoms with Gasteiger partial charge in [-0.1, -0.05) is 19.3 Å². The number of hydrogen-bond acceptors (Lipinski definition) is 4. The van der Waals surface area contributed by atoms with Gasteiger partial charge in [-0.15, -0.1) is 0 Å². The number of carboxylic acids is 2. The molecule has 0 aromatic heterocycles. The number of carbonyl (C=O) groups excluding carboxylic acids is 1. The zero-order chi connectivity index (χ0) is 14.0. The molecule has 0 aliphatic rings. The Morgan fingerprint density at radius 3 is 2.06 bits per heavy atom. The van der Waals surface area contributed by atoms with Crippen LogP contribution in [0.5, 0.6) is 0 Å². The SMILES string of the molecule is CC(=O)OC(CCCCCCCC(=O)O)C(=O)O. The topological polar surface area (TPSA) is 101 Å². The van der Waals surface area contributed by atoms with E-state index in [0.717, 1.165) is 19.3 Å². The smallest absolute Gasteiger partial charge is 0.345 e. The molecular weight excluding hydrogens is 240 g/mol. The van der Waals surface area contributed by atoms with Crippen LogP contribution >= 0.6 is 0 Å². The predicted molar refractivity (Wildman–Crippen MR) is 63.1 cm³/mol. The van der Waals surface area contributed by atoms with E-state index in [4.69, 9.17) is 10.2 Å². The van der Waals surface area contributed by atoms with E-state index in [1.54, 1.807) is 0 Å². The van der Waals surface area contributed by atoms with Gasteiger partial charge in [0.1, 0.15) is 0 Å². The summed E-state index contributed by atoms with van der Waals surface area (Å²) in [6, 6.07) is 0. The van der Waals surface area contributed by atoms with Crippen molar-refractivity contribution in [1.82, 2.24) is 0 Å². The van der Waals surface area contributed by atoms with Crippen molar-refractivity contribution < 1.29 is 29.3 Å². The maximum absolute atomic E-state index is 10.7. The van der Waals surface area contributed by atoms with Crippen molar-refractivity contribution >= 4 is 17.9 Å². The molecule has 0 spiro atoms. The fourth-order valence-corrected chi connectivity index (χ4v) is 1.57. The fraction of sp³-hybridized carbons (Fsp3) is 0.750. The van der Waals surface area contributed by atoms with Crippen LogP contribution in [0.4, 0.5) is 0 Å². The van der Waals surface area contributed by atoms with Crippen LogP contribution in [0.15, 0.2) is 0 Å². The lowest BCUT2D eigenvalue weighted by Gasteiger charge is -2.11. The van der Waals surface area contributed by atoms with E-state index >= 15 is 0 Å². The van der Waals surface area contributed by atoms with Gasteiger partial charge in [0, 0.05) is 13.3 Å². The molecule has 6 heteroatoms. The second kappa shape index (κ2) is 9.44. The zero-order valence-corrected chi connectivity index (χ0v) is 10.6. The molecule has 6 nitrogen and oxygen atoms in total. The average Bonchev–Trinajstić information content (AvgIpc) is 2.25. The van der Waals surface area contributed by atoms with E-state index < -0.39 is 24.0 Å². The maximum atomic E-state index is 10.7. The summed E-state index contributed by atoms with van der Waals surface area (Å²) >= 11 is 0. The van der Waals surface area contributed by atoms with Crippen molar-refractivity contribution in [2.45, 2.75) is 58.0 Å². The van der Waals surface area contributed by atoms with Crippen LogP contribution in [0, 0.1) is 0 Å². The zero-order valence-electron chi connectivity index (χ0n) is 10.6. The maximum Gasteiger partial charge on any atom is 0.345 e. The van der Waals surface area contributed by atoms with Crippen molar-refractivity contribution in [2.24, 2.45) is 0 Å². The Kier molecular flexibility index (Phi) is 8.61. The lowest BCUT2D eigenvalue weighted by atomic mass is 10.1. The normalized spacial score (nSPS) is 11.8. The van der Waals surface area contributed by atoms with Crippen molar-refractivity contribution in [2.75, 3.05) is 0 Å². The van der Waals surface area contributed by atoms with E-state index in [-0.39, 0.29) is 6.42 Å². The quantitative estimate of drug-likeness (QED) is 0.459. The Balaban J connectivity index is 3.58. The van der Waals surface area contributed by atoms with Crippen LogP contribution in [0.2, 0.25) is 0 Å². The Morgan fingerprint density at radius 1 is 1.00 bits per heavy atom. The van der Waals surface area contributed by atoms with E-state index in [2.05, 4.69) is 4.74 Å². The van der Waals surface area contributed by atoms with Gasteiger partial charge in [0.05, 0.1) is 0 Å². The fourth-order valence-electron chi connectivity index (χ4n) is 1.57. The molecule has 0 rings (SSSR count). The predicted octanol–water partition coefficient (Wildman–Crippen LogP) is 1.82. The third-order valence-corrected chi connectivity index (χ3v) is 2.44. The number of esters is 1. The summed E-state index contributed by atoms with van der Waals surface area (Å²) in [5.41, 5.74) is 0. The van der Waals surface area contributed by atoms with Gasteiger partial charge in [-0.05, 0) is 19.3 Å². The summed E-state index contributed by atoms with van der Waals surface area (Å²) < 4.78 is 4.65. The summed E-state index contributed by atoms with van der Waals surface area (Å²) in [6.45, 7) is 1.18. The lowest BCUT2D eigenvalue weighted by molar-refractivity contribution is -0.163. The van der Waals surface area contributed by atoms with Gasteiger partial charge in [0.25, 0.3) is 0 Å². The number of unbranched alkanes of at least 4 members (excludes halogenated alkanes) is 4. The van der Waals surface area contributed by atoms with Crippen LogP contribution in [0.25, 0.3) is 0 Å². The molecular formula is C12H20O6. The molecule has 1 atom stereocenters.